The minimum Gasteiger partial charge on any atom is -0.456 e. The van der Waals surface area contributed by atoms with Crippen LogP contribution >= 0.6 is 0 Å². The van der Waals surface area contributed by atoms with Gasteiger partial charge in [0.1, 0.15) is 22.3 Å². The van der Waals surface area contributed by atoms with Crippen LogP contribution in [0.3, 0.4) is 0 Å². The molecule has 0 radical (unpaired) electrons. The number of hydrogen-bond acceptors (Lipinski definition) is 3. The summed E-state index contributed by atoms with van der Waals surface area (Å²) in [6.07, 6.45) is 0. The lowest BCUT2D eigenvalue weighted by Gasteiger charge is -2.27. The summed E-state index contributed by atoms with van der Waals surface area (Å²) in [5.41, 5.74) is 16.7. The fourth-order valence-electron chi connectivity index (χ4n) is 9.88. The normalized spacial score (nSPS) is 11.8. The van der Waals surface area contributed by atoms with Crippen molar-refractivity contribution < 1.29 is 8.83 Å². The lowest BCUT2D eigenvalue weighted by molar-refractivity contribution is 0.669. The van der Waals surface area contributed by atoms with Crippen LogP contribution in [0.5, 0.6) is 0 Å². The standard InChI is InChI=1S/C60H38N2O2/c1-2-15-39(16-3-1)40-31-33-43(34-32-40)61(44-19-12-17-41(35-44)47-25-14-30-58-59(47)51-24-7-11-29-57(51)63-58)46-37-52(60-53(38-46)50-23-6-10-28-56(50)64-60)42-18-13-20-45(36-42)62-54-26-8-4-21-48(54)49-22-5-9-27-55(49)62/h1-38H. The first-order chi connectivity index (χ1) is 31.7. The van der Waals surface area contributed by atoms with Gasteiger partial charge in [-0.25, -0.2) is 0 Å². The molecule has 3 heterocycles. The maximum atomic E-state index is 6.83. The third kappa shape index (κ3) is 5.77. The van der Waals surface area contributed by atoms with Crippen LogP contribution in [-0.2, 0) is 0 Å². The molecule has 4 nitrogen and oxygen atoms in total. The number of furan rings is 2. The molecule has 0 aliphatic rings. The van der Waals surface area contributed by atoms with Crippen LogP contribution < -0.4 is 4.90 Å². The Labute approximate surface area is 369 Å². The van der Waals surface area contributed by atoms with E-state index in [1.165, 1.54) is 27.4 Å². The van der Waals surface area contributed by atoms with Crippen molar-refractivity contribution in [2.45, 2.75) is 0 Å². The van der Waals surface area contributed by atoms with E-state index in [2.05, 4.69) is 222 Å². The monoisotopic (exact) mass is 818 g/mol. The van der Waals surface area contributed by atoms with Crippen LogP contribution in [0.2, 0.25) is 0 Å². The van der Waals surface area contributed by atoms with Crippen molar-refractivity contribution in [1.82, 2.24) is 4.57 Å². The van der Waals surface area contributed by atoms with Crippen molar-refractivity contribution in [2.24, 2.45) is 0 Å². The van der Waals surface area contributed by atoms with E-state index >= 15 is 0 Å². The number of nitrogens with zero attached hydrogens (tertiary/aromatic N) is 2. The Hall–Kier alpha value is -8.60. The summed E-state index contributed by atoms with van der Waals surface area (Å²) in [6, 6.07) is 82.2. The highest BCUT2D eigenvalue weighted by atomic mass is 16.3. The van der Waals surface area contributed by atoms with Gasteiger partial charge >= 0.3 is 0 Å². The van der Waals surface area contributed by atoms with E-state index in [0.717, 1.165) is 94.4 Å². The lowest BCUT2D eigenvalue weighted by atomic mass is 9.97. The minimum atomic E-state index is 0.857. The first-order valence-electron chi connectivity index (χ1n) is 21.7. The Kier molecular flexibility index (Phi) is 8.18. The number of anilines is 3. The fourth-order valence-corrected chi connectivity index (χ4v) is 9.88. The van der Waals surface area contributed by atoms with Crippen molar-refractivity contribution in [2.75, 3.05) is 4.90 Å². The smallest absolute Gasteiger partial charge is 0.143 e. The summed E-state index contributed by atoms with van der Waals surface area (Å²) in [5.74, 6) is 0. The maximum absolute atomic E-state index is 6.83. The topological polar surface area (TPSA) is 34.5 Å². The number of para-hydroxylation sites is 4. The zero-order valence-corrected chi connectivity index (χ0v) is 34.7. The van der Waals surface area contributed by atoms with E-state index in [0.29, 0.717) is 0 Å². The molecule has 4 heteroatoms. The highest BCUT2D eigenvalue weighted by Crippen LogP contribution is 2.46. The second kappa shape index (κ2) is 14.5. The third-order valence-corrected chi connectivity index (χ3v) is 12.8. The van der Waals surface area contributed by atoms with E-state index in [4.69, 9.17) is 8.83 Å². The molecule has 3 aromatic heterocycles. The SMILES string of the molecule is c1ccc(-c2ccc(N(c3cccc(-c4cccc5oc6ccccc6c45)c3)c3cc(-c4cccc(-n5c6ccccc6c6ccccc65)c4)c4oc5ccccc5c4c3)cc2)cc1. The van der Waals surface area contributed by atoms with Gasteiger partial charge < -0.3 is 18.3 Å². The molecule has 0 N–H and O–H groups in total. The van der Waals surface area contributed by atoms with E-state index in [-0.39, 0.29) is 0 Å². The van der Waals surface area contributed by atoms with E-state index < -0.39 is 0 Å². The first kappa shape index (κ1) is 36.1. The number of hydrogen-bond donors (Lipinski definition) is 0. The molecule has 64 heavy (non-hydrogen) atoms. The number of aromatic nitrogens is 1. The van der Waals surface area contributed by atoms with E-state index in [9.17, 15) is 0 Å². The Bertz CT molecular complexity index is 3860. The van der Waals surface area contributed by atoms with Gasteiger partial charge in [-0.05, 0) is 107 Å². The number of rotatable bonds is 7. The lowest BCUT2D eigenvalue weighted by Crippen LogP contribution is -2.10. The van der Waals surface area contributed by atoms with Crippen LogP contribution in [0.15, 0.2) is 239 Å². The van der Waals surface area contributed by atoms with Crippen LogP contribution in [0, 0.1) is 0 Å². The Morgan fingerprint density at radius 3 is 1.66 bits per heavy atom. The second-order valence-corrected chi connectivity index (χ2v) is 16.5. The Morgan fingerprint density at radius 2 is 0.891 bits per heavy atom. The van der Waals surface area contributed by atoms with Crippen LogP contribution in [0.25, 0.3) is 105 Å². The molecular weight excluding hydrogens is 781 g/mol. The minimum absolute atomic E-state index is 0.857. The van der Waals surface area contributed by atoms with Crippen molar-refractivity contribution >= 4 is 82.7 Å². The summed E-state index contributed by atoms with van der Waals surface area (Å²) in [7, 11) is 0. The fraction of sp³-hybridized carbons (Fsp3) is 0. The molecule has 13 rings (SSSR count). The summed E-state index contributed by atoms with van der Waals surface area (Å²) < 4.78 is 15.6. The van der Waals surface area contributed by atoms with Crippen LogP contribution in [0.1, 0.15) is 0 Å². The highest BCUT2D eigenvalue weighted by molar-refractivity contribution is 6.14. The van der Waals surface area contributed by atoms with Crippen molar-refractivity contribution in [3.63, 3.8) is 0 Å². The largest absolute Gasteiger partial charge is 0.456 e. The maximum Gasteiger partial charge on any atom is 0.143 e. The molecule has 0 saturated carbocycles. The van der Waals surface area contributed by atoms with Crippen molar-refractivity contribution in [1.29, 1.82) is 0 Å². The third-order valence-electron chi connectivity index (χ3n) is 12.8. The molecule has 0 aliphatic carbocycles. The molecule has 0 unspecified atom stereocenters. The molecule has 0 saturated heterocycles. The van der Waals surface area contributed by atoms with Gasteiger partial charge in [-0.3, -0.25) is 0 Å². The van der Waals surface area contributed by atoms with Crippen molar-refractivity contribution in [3.8, 4) is 39.1 Å². The van der Waals surface area contributed by atoms with Gasteiger partial charge in [-0.1, -0.05) is 152 Å². The summed E-state index contributed by atoms with van der Waals surface area (Å²) >= 11 is 0. The van der Waals surface area contributed by atoms with Gasteiger partial charge in [0, 0.05) is 60.6 Å². The summed E-state index contributed by atoms with van der Waals surface area (Å²) in [5, 5.41) is 6.83. The molecule has 0 amide bonds. The molecule has 0 spiro atoms. The van der Waals surface area contributed by atoms with E-state index in [1.54, 1.807) is 0 Å². The first-order valence-corrected chi connectivity index (χ1v) is 21.7. The molecule has 0 fully saturated rings. The predicted molar refractivity (Wildman–Crippen MR) is 266 cm³/mol. The Morgan fingerprint density at radius 1 is 0.312 bits per heavy atom. The van der Waals surface area contributed by atoms with E-state index in [1.807, 2.05) is 18.2 Å². The average Bonchev–Trinajstić information content (AvgIpc) is 4.04. The predicted octanol–water partition coefficient (Wildman–Crippen LogP) is 17.1. The number of fused-ring (bicyclic) bond motifs is 9. The highest BCUT2D eigenvalue weighted by Gasteiger charge is 2.22. The zero-order chi connectivity index (χ0) is 42.1. The van der Waals surface area contributed by atoms with Crippen LogP contribution in [0.4, 0.5) is 17.1 Å². The van der Waals surface area contributed by atoms with Crippen molar-refractivity contribution in [3.05, 3.63) is 231 Å². The molecule has 10 aromatic carbocycles. The second-order valence-electron chi connectivity index (χ2n) is 16.5. The van der Waals surface area contributed by atoms with Gasteiger partial charge in [0.2, 0.25) is 0 Å². The molecule has 13 aromatic rings. The van der Waals surface area contributed by atoms with Gasteiger partial charge in [-0.2, -0.15) is 0 Å². The molecular formula is C60H38N2O2. The van der Waals surface area contributed by atoms with Gasteiger partial charge in [-0.15, -0.1) is 0 Å². The summed E-state index contributed by atoms with van der Waals surface area (Å²) in [6.45, 7) is 0. The molecule has 0 atom stereocenters. The van der Waals surface area contributed by atoms with Gasteiger partial charge in [0.05, 0.1) is 11.0 Å². The van der Waals surface area contributed by atoms with Gasteiger partial charge in [0.15, 0.2) is 0 Å². The molecule has 300 valence electrons. The summed E-state index contributed by atoms with van der Waals surface area (Å²) in [4.78, 5) is 2.38. The zero-order valence-electron chi connectivity index (χ0n) is 34.7. The van der Waals surface area contributed by atoms with Gasteiger partial charge in [0.25, 0.3) is 0 Å². The Balaban J connectivity index is 1.04. The average molecular weight is 819 g/mol. The quantitative estimate of drug-likeness (QED) is 0.161. The van der Waals surface area contributed by atoms with Crippen LogP contribution in [-0.4, -0.2) is 4.57 Å². The molecule has 0 bridgehead atoms. The number of benzene rings is 10. The molecule has 0 aliphatic heterocycles.